The molecule has 3 rings (SSSR count). The third-order valence-corrected chi connectivity index (χ3v) is 4.59. The summed E-state index contributed by atoms with van der Waals surface area (Å²) < 4.78 is 0. The number of hydrogen-bond acceptors (Lipinski definition) is 4. The third-order valence-electron chi connectivity index (χ3n) is 4.59. The molecule has 0 radical (unpaired) electrons. The Labute approximate surface area is 156 Å². The molecule has 0 saturated heterocycles. The molecule has 0 unspecified atom stereocenters. The highest BCUT2D eigenvalue weighted by molar-refractivity contribution is 5.96. The van der Waals surface area contributed by atoms with Crippen molar-refractivity contribution < 1.29 is 14.5 Å². The fourth-order valence-corrected chi connectivity index (χ4v) is 3.14. The fraction of sp³-hybridized carbons (Fsp3) is 0.200. The van der Waals surface area contributed by atoms with Crippen molar-refractivity contribution in [2.75, 3.05) is 6.54 Å². The predicted octanol–water partition coefficient (Wildman–Crippen LogP) is 2.60. The summed E-state index contributed by atoms with van der Waals surface area (Å²) in [6.07, 6.45) is 1.83. The molecule has 7 heteroatoms. The normalized spacial score (nSPS) is 12.8. The zero-order chi connectivity index (χ0) is 19.4. The molecule has 0 aliphatic carbocycles. The van der Waals surface area contributed by atoms with Crippen LogP contribution in [0.5, 0.6) is 0 Å². The van der Waals surface area contributed by atoms with Gasteiger partial charge in [-0.15, -0.1) is 0 Å². The molecule has 27 heavy (non-hydrogen) atoms. The molecule has 1 heterocycles. The minimum atomic E-state index is -0.432. The van der Waals surface area contributed by atoms with Gasteiger partial charge in [0, 0.05) is 37.3 Å². The van der Waals surface area contributed by atoms with Gasteiger partial charge in [-0.1, -0.05) is 30.8 Å². The molecule has 7 nitrogen and oxygen atoms in total. The van der Waals surface area contributed by atoms with Gasteiger partial charge < -0.3 is 10.2 Å². The molecule has 0 spiro atoms. The Morgan fingerprint density at radius 1 is 1.22 bits per heavy atom. The average molecular weight is 365 g/mol. The molecule has 0 fully saturated rings. The Hall–Kier alpha value is -3.48. The zero-order valence-electron chi connectivity index (χ0n) is 14.7. The second kappa shape index (κ2) is 7.82. The topological polar surface area (TPSA) is 92.6 Å². The standard InChI is InChI=1S/C20H19N3O4/c1-2-19(24)21-12-15-5-3-4-6-18(15)20(25)22-10-9-14-7-8-17(23(26)27)11-16(14)13-22/h2-8,11H,1,9-10,12-13H2,(H,21,24). The fourth-order valence-electron chi connectivity index (χ4n) is 3.14. The lowest BCUT2D eigenvalue weighted by atomic mass is 9.97. The number of rotatable bonds is 5. The van der Waals surface area contributed by atoms with Gasteiger partial charge in [0.15, 0.2) is 0 Å². The van der Waals surface area contributed by atoms with E-state index < -0.39 is 4.92 Å². The van der Waals surface area contributed by atoms with Crippen molar-refractivity contribution in [1.29, 1.82) is 0 Å². The first-order valence-corrected chi connectivity index (χ1v) is 8.53. The van der Waals surface area contributed by atoms with Crippen molar-refractivity contribution in [2.24, 2.45) is 0 Å². The number of fused-ring (bicyclic) bond motifs is 1. The van der Waals surface area contributed by atoms with E-state index in [1.807, 2.05) is 0 Å². The highest BCUT2D eigenvalue weighted by Crippen LogP contribution is 2.25. The maximum Gasteiger partial charge on any atom is 0.269 e. The van der Waals surface area contributed by atoms with Crippen LogP contribution in [0, 0.1) is 10.1 Å². The van der Waals surface area contributed by atoms with Crippen LogP contribution >= 0.6 is 0 Å². The molecule has 0 aromatic heterocycles. The van der Waals surface area contributed by atoms with E-state index in [1.54, 1.807) is 35.2 Å². The summed E-state index contributed by atoms with van der Waals surface area (Å²) >= 11 is 0. The average Bonchev–Trinajstić information content (AvgIpc) is 2.70. The van der Waals surface area contributed by atoms with Gasteiger partial charge in [0.2, 0.25) is 5.91 Å². The second-order valence-electron chi connectivity index (χ2n) is 6.27. The maximum absolute atomic E-state index is 13.0. The van der Waals surface area contributed by atoms with Crippen LogP contribution in [0.2, 0.25) is 0 Å². The van der Waals surface area contributed by atoms with Crippen molar-refractivity contribution in [2.45, 2.75) is 19.5 Å². The molecule has 2 aromatic rings. The number of carbonyl (C=O) groups excluding carboxylic acids is 2. The molecule has 138 valence electrons. The molecule has 0 atom stereocenters. The summed E-state index contributed by atoms with van der Waals surface area (Å²) in [6, 6.07) is 11.9. The molecular formula is C20H19N3O4. The number of benzene rings is 2. The molecule has 1 N–H and O–H groups in total. The number of nitrogens with zero attached hydrogens (tertiary/aromatic N) is 2. The van der Waals surface area contributed by atoms with Crippen LogP contribution in [0.1, 0.15) is 27.0 Å². The highest BCUT2D eigenvalue weighted by Gasteiger charge is 2.24. The summed E-state index contributed by atoms with van der Waals surface area (Å²) in [5.74, 6) is -0.466. The van der Waals surface area contributed by atoms with Gasteiger partial charge >= 0.3 is 0 Å². The number of non-ortho nitro benzene ring substituents is 1. The summed E-state index contributed by atoms with van der Waals surface area (Å²) in [5, 5.41) is 13.7. The first-order chi connectivity index (χ1) is 13.0. The van der Waals surface area contributed by atoms with Crippen LogP contribution in [0.25, 0.3) is 0 Å². The van der Waals surface area contributed by atoms with E-state index in [1.165, 1.54) is 18.2 Å². The van der Waals surface area contributed by atoms with Crippen LogP contribution in [0.4, 0.5) is 5.69 Å². The molecular weight excluding hydrogens is 346 g/mol. The van der Waals surface area contributed by atoms with E-state index in [-0.39, 0.29) is 24.0 Å². The first kappa shape index (κ1) is 18.3. The van der Waals surface area contributed by atoms with E-state index in [2.05, 4.69) is 11.9 Å². The van der Waals surface area contributed by atoms with Crippen molar-refractivity contribution in [3.05, 3.63) is 87.5 Å². The van der Waals surface area contributed by atoms with Crippen LogP contribution in [-0.2, 0) is 24.3 Å². The van der Waals surface area contributed by atoms with Gasteiger partial charge in [0.1, 0.15) is 0 Å². The van der Waals surface area contributed by atoms with Gasteiger partial charge in [0.05, 0.1) is 4.92 Å². The number of carbonyl (C=O) groups is 2. The smallest absolute Gasteiger partial charge is 0.269 e. The summed E-state index contributed by atoms with van der Waals surface area (Å²) in [7, 11) is 0. The van der Waals surface area contributed by atoms with Gasteiger partial charge in [-0.25, -0.2) is 0 Å². The predicted molar refractivity (Wildman–Crippen MR) is 100 cm³/mol. The minimum Gasteiger partial charge on any atom is -0.348 e. The van der Waals surface area contributed by atoms with Crippen LogP contribution in [-0.4, -0.2) is 28.2 Å². The Kier molecular flexibility index (Phi) is 5.30. The van der Waals surface area contributed by atoms with Crippen molar-refractivity contribution in [1.82, 2.24) is 10.2 Å². The number of hydrogen-bond donors (Lipinski definition) is 1. The Bertz CT molecular complexity index is 923. The summed E-state index contributed by atoms with van der Waals surface area (Å²) in [5.41, 5.74) is 3.06. The number of nitro groups is 1. The quantitative estimate of drug-likeness (QED) is 0.501. The molecule has 1 aliphatic rings. The second-order valence-corrected chi connectivity index (χ2v) is 6.27. The minimum absolute atomic E-state index is 0.0237. The lowest BCUT2D eigenvalue weighted by molar-refractivity contribution is -0.385. The van der Waals surface area contributed by atoms with Crippen LogP contribution in [0.3, 0.4) is 0 Å². The number of nitro benzene ring substituents is 1. The van der Waals surface area contributed by atoms with Gasteiger partial charge in [-0.2, -0.15) is 0 Å². The largest absolute Gasteiger partial charge is 0.348 e. The monoisotopic (exact) mass is 365 g/mol. The van der Waals surface area contributed by atoms with E-state index in [0.29, 0.717) is 30.6 Å². The Balaban J connectivity index is 1.81. The van der Waals surface area contributed by atoms with E-state index >= 15 is 0 Å². The number of amides is 2. The molecule has 0 bridgehead atoms. The van der Waals surface area contributed by atoms with Gasteiger partial charge in [-0.3, -0.25) is 19.7 Å². The Morgan fingerprint density at radius 3 is 2.74 bits per heavy atom. The molecule has 2 amide bonds. The maximum atomic E-state index is 13.0. The molecule has 2 aromatic carbocycles. The van der Waals surface area contributed by atoms with E-state index in [4.69, 9.17) is 0 Å². The molecule has 0 saturated carbocycles. The Morgan fingerprint density at radius 2 is 2.00 bits per heavy atom. The van der Waals surface area contributed by atoms with Crippen molar-refractivity contribution in [3.8, 4) is 0 Å². The van der Waals surface area contributed by atoms with E-state index in [0.717, 1.165) is 11.1 Å². The first-order valence-electron chi connectivity index (χ1n) is 8.53. The zero-order valence-corrected chi connectivity index (χ0v) is 14.7. The van der Waals surface area contributed by atoms with Gasteiger partial charge in [-0.05, 0) is 35.3 Å². The summed E-state index contributed by atoms with van der Waals surface area (Å²) in [4.78, 5) is 36.7. The SMILES string of the molecule is C=CC(=O)NCc1ccccc1C(=O)N1CCc2ccc([N+](=O)[O-])cc2C1. The van der Waals surface area contributed by atoms with Crippen LogP contribution < -0.4 is 5.32 Å². The van der Waals surface area contributed by atoms with E-state index in [9.17, 15) is 19.7 Å². The van der Waals surface area contributed by atoms with Crippen molar-refractivity contribution >= 4 is 17.5 Å². The van der Waals surface area contributed by atoms with Crippen LogP contribution in [0.15, 0.2) is 55.1 Å². The van der Waals surface area contributed by atoms with Gasteiger partial charge in [0.25, 0.3) is 11.6 Å². The van der Waals surface area contributed by atoms with Crippen molar-refractivity contribution in [3.63, 3.8) is 0 Å². The number of nitrogens with one attached hydrogen (secondary N) is 1. The lowest BCUT2D eigenvalue weighted by Gasteiger charge is -2.29. The lowest BCUT2D eigenvalue weighted by Crippen LogP contribution is -2.36. The third kappa shape index (κ3) is 4.03. The molecule has 1 aliphatic heterocycles. The highest BCUT2D eigenvalue weighted by atomic mass is 16.6. The summed E-state index contributed by atoms with van der Waals surface area (Å²) in [6.45, 7) is 4.50.